The van der Waals surface area contributed by atoms with Crippen molar-refractivity contribution in [1.29, 1.82) is 0 Å². The van der Waals surface area contributed by atoms with E-state index in [1.54, 1.807) is 0 Å². The summed E-state index contributed by atoms with van der Waals surface area (Å²) < 4.78 is 42.6. The highest BCUT2D eigenvalue weighted by atomic mass is 19.4. The Morgan fingerprint density at radius 1 is 1.31 bits per heavy atom. The summed E-state index contributed by atoms with van der Waals surface area (Å²) in [6.07, 6.45) is -4.45. The Morgan fingerprint density at radius 2 is 2.00 bits per heavy atom. The normalized spacial score (nSPS) is 11.6. The second-order valence-electron chi connectivity index (χ2n) is 3.09. The molecule has 0 aliphatic carbocycles. The SMILES string of the molecule is NCc1ccc(OCCO)cc1C(F)(F)F. The molecule has 0 saturated carbocycles. The van der Waals surface area contributed by atoms with Crippen molar-refractivity contribution < 1.29 is 23.0 Å². The number of hydrogen-bond donors (Lipinski definition) is 2. The van der Waals surface area contributed by atoms with Crippen LogP contribution in [0.15, 0.2) is 18.2 Å². The first-order chi connectivity index (χ1) is 7.49. The Bertz CT molecular complexity index is 352. The Kier molecular flexibility index (Phi) is 4.14. The van der Waals surface area contributed by atoms with Crippen molar-refractivity contribution in [3.63, 3.8) is 0 Å². The summed E-state index contributed by atoms with van der Waals surface area (Å²) in [6.45, 7) is -0.478. The predicted octanol–water partition coefficient (Wildman–Crippen LogP) is 1.54. The number of hydrogen-bond acceptors (Lipinski definition) is 3. The molecule has 0 radical (unpaired) electrons. The minimum absolute atomic E-state index is 0.0175. The lowest BCUT2D eigenvalue weighted by molar-refractivity contribution is -0.138. The lowest BCUT2D eigenvalue weighted by Crippen LogP contribution is -2.12. The Labute approximate surface area is 90.6 Å². The highest BCUT2D eigenvalue weighted by molar-refractivity contribution is 5.37. The van der Waals surface area contributed by atoms with Gasteiger partial charge >= 0.3 is 6.18 Å². The summed E-state index contributed by atoms with van der Waals surface area (Å²) in [6, 6.07) is 3.56. The van der Waals surface area contributed by atoms with Gasteiger partial charge in [0.25, 0.3) is 0 Å². The molecule has 1 aromatic carbocycles. The summed E-state index contributed by atoms with van der Waals surface area (Å²) in [5.74, 6) is 0.0681. The number of alkyl halides is 3. The Morgan fingerprint density at radius 3 is 2.50 bits per heavy atom. The molecular weight excluding hydrogens is 223 g/mol. The van der Waals surface area contributed by atoms with Crippen LogP contribution in [0.2, 0.25) is 0 Å². The number of nitrogens with two attached hydrogens (primary N) is 1. The van der Waals surface area contributed by atoms with Gasteiger partial charge in [0.05, 0.1) is 12.2 Å². The van der Waals surface area contributed by atoms with Crippen LogP contribution in [0, 0.1) is 0 Å². The van der Waals surface area contributed by atoms with Crippen LogP contribution in [-0.4, -0.2) is 18.3 Å². The molecule has 0 fully saturated rings. The van der Waals surface area contributed by atoms with E-state index in [9.17, 15) is 13.2 Å². The lowest BCUT2D eigenvalue weighted by atomic mass is 10.1. The molecule has 90 valence electrons. The Hall–Kier alpha value is -1.27. The fourth-order valence-electron chi connectivity index (χ4n) is 1.25. The molecule has 3 N–H and O–H groups in total. The van der Waals surface area contributed by atoms with Gasteiger partial charge in [-0.25, -0.2) is 0 Å². The molecule has 0 heterocycles. The van der Waals surface area contributed by atoms with E-state index in [1.165, 1.54) is 12.1 Å². The summed E-state index contributed by atoms with van der Waals surface area (Å²) in [5, 5.41) is 8.49. The van der Waals surface area contributed by atoms with Gasteiger partial charge in [-0.3, -0.25) is 0 Å². The number of halogens is 3. The molecule has 0 atom stereocenters. The third kappa shape index (κ3) is 3.11. The maximum absolute atomic E-state index is 12.6. The molecule has 0 spiro atoms. The van der Waals surface area contributed by atoms with Gasteiger partial charge in [0.15, 0.2) is 0 Å². The summed E-state index contributed by atoms with van der Waals surface area (Å²) in [4.78, 5) is 0. The summed E-state index contributed by atoms with van der Waals surface area (Å²) >= 11 is 0. The van der Waals surface area contributed by atoms with Crippen molar-refractivity contribution in [1.82, 2.24) is 0 Å². The third-order valence-electron chi connectivity index (χ3n) is 1.97. The van der Waals surface area contributed by atoms with Crippen molar-refractivity contribution in [2.24, 2.45) is 5.73 Å². The van der Waals surface area contributed by atoms with Crippen LogP contribution in [0.3, 0.4) is 0 Å². The van der Waals surface area contributed by atoms with Gasteiger partial charge in [0, 0.05) is 6.54 Å². The molecular formula is C10H12F3NO2. The fourth-order valence-corrected chi connectivity index (χ4v) is 1.25. The third-order valence-corrected chi connectivity index (χ3v) is 1.97. The molecule has 1 rings (SSSR count). The maximum atomic E-state index is 12.6. The topological polar surface area (TPSA) is 55.5 Å². The highest BCUT2D eigenvalue weighted by Gasteiger charge is 2.33. The van der Waals surface area contributed by atoms with Crippen molar-refractivity contribution in [3.8, 4) is 5.75 Å². The highest BCUT2D eigenvalue weighted by Crippen LogP contribution is 2.34. The zero-order valence-corrected chi connectivity index (χ0v) is 8.42. The first kappa shape index (κ1) is 12.8. The van der Waals surface area contributed by atoms with Gasteiger partial charge in [-0.2, -0.15) is 13.2 Å². The Balaban J connectivity index is 3.02. The monoisotopic (exact) mass is 235 g/mol. The lowest BCUT2D eigenvalue weighted by Gasteiger charge is -2.13. The number of aliphatic hydroxyl groups is 1. The van der Waals surface area contributed by atoms with E-state index in [-0.39, 0.29) is 31.1 Å². The largest absolute Gasteiger partial charge is 0.491 e. The van der Waals surface area contributed by atoms with Crippen molar-refractivity contribution in [2.45, 2.75) is 12.7 Å². The maximum Gasteiger partial charge on any atom is 0.416 e. The van der Waals surface area contributed by atoms with Gasteiger partial charge < -0.3 is 15.6 Å². The average molecular weight is 235 g/mol. The van der Waals surface area contributed by atoms with E-state index in [4.69, 9.17) is 15.6 Å². The second kappa shape index (κ2) is 5.18. The van der Waals surface area contributed by atoms with Crippen LogP contribution in [-0.2, 0) is 12.7 Å². The second-order valence-corrected chi connectivity index (χ2v) is 3.09. The van der Waals surface area contributed by atoms with E-state index >= 15 is 0 Å². The quantitative estimate of drug-likeness (QED) is 0.832. The summed E-state index contributed by atoms with van der Waals surface area (Å²) in [5.41, 5.74) is 4.43. The molecule has 0 aromatic heterocycles. The molecule has 16 heavy (non-hydrogen) atoms. The van der Waals surface area contributed by atoms with Gasteiger partial charge in [-0.1, -0.05) is 6.07 Å². The van der Waals surface area contributed by atoms with Crippen molar-refractivity contribution >= 4 is 0 Å². The van der Waals surface area contributed by atoms with E-state index < -0.39 is 11.7 Å². The van der Waals surface area contributed by atoms with E-state index in [1.807, 2.05) is 0 Å². The average Bonchev–Trinajstić information content (AvgIpc) is 2.24. The summed E-state index contributed by atoms with van der Waals surface area (Å²) in [7, 11) is 0. The first-order valence-corrected chi connectivity index (χ1v) is 4.63. The zero-order valence-electron chi connectivity index (χ0n) is 8.42. The van der Waals surface area contributed by atoms with Gasteiger partial charge in [0.1, 0.15) is 12.4 Å². The molecule has 0 saturated heterocycles. The first-order valence-electron chi connectivity index (χ1n) is 4.63. The number of aliphatic hydroxyl groups excluding tert-OH is 1. The van der Waals surface area contributed by atoms with Crippen LogP contribution in [0.5, 0.6) is 5.75 Å². The minimum atomic E-state index is -4.45. The molecule has 0 amide bonds. The molecule has 0 bridgehead atoms. The standard InChI is InChI=1S/C10H12F3NO2/c11-10(12,13)9-5-8(16-4-3-15)2-1-7(9)6-14/h1-2,5,15H,3-4,6,14H2. The number of ether oxygens (including phenoxy) is 1. The molecule has 6 heteroatoms. The van der Waals surface area contributed by atoms with Gasteiger partial charge in [-0.15, -0.1) is 0 Å². The molecule has 0 aliphatic rings. The minimum Gasteiger partial charge on any atom is -0.491 e. The van der Waals surface area contributed by atoms with Crippen LogP contribution in [0.1, 0.15) is 11.1 Å². The predicted molar refractivity (Wildman–Crippen MR) is 51.9 cm³/mol. The van der Waals surface area contributed by atoms with Crippen LogP contribution < -0.4 is 10.5 Å². The number of rotatable bonds is 4. The van der Waals surface area contributed by atoms with Crippen LogP contribution in [0.25, 0.3) is 0 Å². The van der Waals surface area contributed by atoms with Gasteiger partial charge in [0.2, 0.25) is 0 Å². The zero-order chi connectivity index (χ0) is 12.2. The molecule has 1 aromatic rings. The smallest absolute Gasteiger partial charge is 0.416 e. The van der Waals surface area contributed by atoms with Crippen LogP contribution in [0.4, 0.5) is 13.2 Å². The fraction of sp³-hybridized carbons (Fsp3) is 0.400. The molecule has 0 unspecified atom stereocenters. The van der Waals surface area contributed by atoms with E-state index in [2.05, 4.69) is 0 Å². The van der Waals surface area contributed by atoms with Crippen molar-refractivity contribution in [3.05, 3.63) is 29.3 Å². The number of benzene rings is 1. The van der Waals surface area contributed by atoms with Gasteiger partial charge in [-0.05, 0) is 17.7 Å². The van der Waals surface area contributed by atoms with Crippen molar-refractivity contribution in [2.75, 3.05) is 13.2 Å². The molecule has 3 nitrogen and oxygen atoms in total. The molecule has 0 aliphatic heterocycles. The van der Waals surface area contributed by atoms with E-state index in [0.717, 1.165) is 6.07 Å². The van der Waals surface area contributed by atoms with Crippen LogP contribution >= 0.6 is 0 Å². The van der Waals surface area contributed by atoms with E-state index in [0.29, 0.717) is 0 Å².